The minimum atomic E-state index is -4.07. The van der Waals surface area contributed by atoms with Gasteiger partial charge in [-0.25, -0.2) is 22.9 Å². The maximum absolute atomic E-state index is 13.4. The first-order valence-electron chi connectivity index (χ1n) is 5.52. The third-order valence-electron chi connectivity index (χ3n) is 2.43. The number of nitrogens with one attached hydrogen (secondary N) is 1. The molecule has 1 heterocycles. The third-order valence-corrected chi connectivity index (χ3v) is 3.96. The zero-order valence-electron chi connectivity index (χ0n) is 10.4. The van der Waals surface area contributed by atoms with E-state index in [1.165, 1.54) is 6.20 Å². The number of carbonyl (C=O) groups is 1. The molecule has 1 aromatic carbocycles. The minimum Gasteiger partial charge on any atom is -0.320 e. The molecule has 0 bridgehead atoms. The van der Waals surface area contributed by atoms with Crippen LogP contribution in [0.4, 0.5) is 10.1 Å². The smallest absolute Gasteiger partial charge is 0.275 e. The lowest BCUT2D eigenvalue weighted by molar-refractivity contribution is 0.102. The Morgan fingerprint density at radius 2 is 2.05 bits per heavy atom. The lowest BCUT2D eigenvalue weighted by atomic mass is 10.3. The molecule has 0 aliphatic carbocycles. The molecule has 0 aliphatic rings. The third kappa shape index (κ3) is 3.84. The molecule has 1 aromatic heterocycles. The van der Waals surface area contributed by atoms with E-state index in [9.17, 15) is 17.6 Å². The highest BCUT2D eigenvalue weighted by Gasteiger charge is 2.15. The first-order chi connectivity index (χ1) is 9.77. The van der Waals surface area contributed by atoms with Crippen LogP contribution in [0.25, 0.3) is 0 Å². The van der Waals surface area contributed by atoms with Crippen molar-refractivity contribution in [1.29, 1.82) is 0 Å². The molecule has 0 aliphatic heterocycles. The van der Waals surface area contributed by atoms with Gasteiger partial charge in [-0.1, -0.05) is 0 Å². The molecule has 9 heteroatoms. The number of nitrogens with two attached hydrogens (primary N) is 1. The first kappa shape index (κ1) is 15.5. The summed E-state index contributed by atoms with van der Waals surface area (Å²) in [6.07, 6.45) is 1.42. The molecule has 0 spiro atoms. The molecule has 6 nitrogen and oxygen atoms in total. The highest BCUT2D eigenvalue weighted by atomic mass is 79.9. The van der Waals surface area contributed by atoms with E-state index in [0.717, 1.165) is 18.2 Å². The summed E-state index contributed by atoms with van der Waals surface area (Å²) in [6.45, 7) is 0. The number of halogens is 2. The van der Waals surface area contributed by atoms with Gasteiger partial charge in [0.15, 0.2) is 0 Å². The number of hydrogen-bond acceptors (Lipinski definition) is 4. The van der Waals surface area contributed by atoms with Crippen LogP contribution in [0.5, 0.6) is 0 Å². The van der Waals surface area contributed by atoms with Crippen molar-refractivity contribution in [2.45, 2.75) is 4.90 Å². The minimum absolute atomic E-state index is 0.0402. The zero-order chi connectivity index (χ0) is 15.6. The second kappa shape index (κ2) is 5.88. The normalized spacial score (nSPS) is 11.2. The Labute approximate surface area is 128 Å². The summed E-state index contributed by atoms with van der Waals surface area (Å²) < 4.78 is 36.3. The summed E-state index contributed by atoms with van der Waals surface area (Å²) >= 11 is 3.16. The fourth-order valence-corrected chi connectivity index (χ4v) is 2.55. The molecule has 2 rings (SSSR count). The highest BCUT2D eigenvalue weighted by molar-refractivity contribution is 9.10. The topological polar surface area (TPSA) is 102 Å². The summed E-state index contributed by atoms with van der Waals surface area (Å²) in [4.78, 5) is 15.4. The van der Waals surface area contributed by atoms with Crippen LogP contribution in [0.3, 0.4) is 0 Å². The zero-order valence-corrected chi connectivity index (χ0v) is 12.8. The summed E-state index contributed by atoms with van der Waals surface area (Å²) in [5, 5.41) is 7.29. The number of sulfonamides is 1. The monoisotopic (exact) mass is 373 g/mol. The van der Waals surface area contributed by atoms with E-state index in [4.69, 9.17) is 5.14 Å². The second-order valence-electron chi connectivity index (χ2n) is 4.01. The van der Waals surface area contributed by atoms with E-state index in [2.05, 4.69) is 26.2 Å². The fourth-order valence-electron chi connectivity index (χ4n) is 1.54. The van der Waals surface area contributed by atoms with Gasteiger partial charge >= 0.3 is 0 Å². The Morgan fingerprint density at radius 1 is 1.33 bits per heavy atom. The van der Waals surface area contributed by atoms with Gasteiger partial charge in [-0.05, 0) is 46.3 Å². The van der Waals surface area contributed by atoms with Gasteiger partial charge in [0.05, 0.1) is 4.90 Å². The van der Waals surface area contributed by atoms with E-state index in [-0.39, 0.29) is 11.4 Å². The predicted molar refractivity (Wildman–Crippen MR) is 77.7 cm³/mol. The van der Waals surface area contributed by atoms with Crippen LogP contribution >= 0.6 is 15.9 Å². The fraction of sp³-hybridized carbons (Fsp3) is 0. The molecular formula is C12H9BrFN3O3S. The Balaban J connectivity index is 2.34. The number of primary sulfonamides is 1. The molecule has 0 fully saturated rings. The maximum atomic E-state index is 13.4. The number of amides is 1. The Kier molecular flexibility index (Phi) is 4.35. The lowest BCUT2D eigenvalue weighted by Crippen LogP contribution is -2.16. The van der Waals surface area contributed by atoms with Crippen molar-refractivity contribution < 1.29 is 17.6 Å². The van der Waals surface area contributed by atoms with E-state index in [1.54, 1.807) is 12.1 Å². The first-order valence-corrected chi connectivity index (χ1v) is 7.86. The van der Waals surface area contributed by atoms with Gasteiger partial charge < -0.3 is 5.32 Å². The molecule has 21 heavy (non-hydrogen) atoms. The molecule has 0 saturated heterocycles. The second-order valence-corrected chi connectivity index (χ2v) is 6.42. The molecular weight excluding hydrogens is 365 g/mol. The molecule has 2 aromatic rings. The largest absolute Gasteiger partial charge is 0.320 e. The van der Waals surface area contributed by atoms with Crippen LogP contribution in [-0.2, 0) is 10.0 Å². The van der Waals surface area contributed by atoms with Crippen molar-refractivity contribution in [2.24, 2.45) is 5.14 Å². The Bertz CT molecular complexity index is 811. The number of nitrogens with zero attached hydrogens (tertiary/aromatic N) is 1. The molecule has 0 radical (unpaired) electrons. The van der Waals surface area contributed by atoms with E-state index in [0.29, 0.717) is 4.47 Å². The van der Waals surface area contributed by atoms with Gasteiger partial charge in [-0.15, -0.1) is 0 Å². The van der Waals surface area contributed by atoms with Crippen LogP contribution < -0.4 is 10.5 Å². The van der Waals surface area contributed by atoms with Gasteiger partial charge in [0.1, 0.15) is 11.5 Å². The number of anilines is 1. The lowest BCUT2D eigenvalue weighted by Gasteiger charge is -2.08. The van der Waals surface area contributed by atoms with Gasteiger partial charge in [-0.2, -0.15) is 0 Å². The molecule has 3 N–H and O–H groups in total. The Morgan fingerprint density at radius 3 is 2.67 bits per heavy atom. The van der Waals surface area contributed by atoms with Crippen molar-refractivity contribution in [3.05, 3.63) is 52.5 Å². The van der Waals surface area contributed by atoms with E-state index < -0.39 is 26.6 Å². The number of carbonyl (C=O) groups excluding carboxylic acids is 1. The standard InChI is InChI=1S/C12H9BrFN3O3S/c13-10-2-1-3-16-11(10)12(18)17-8-4-7(14)5-9(6-8)21(15,19)20/h1-6H,(H,17,18)(H2,15,19,20). The molecule has 0 atom stereocenters. The summed E-state index contributed by atoms with van der Waals surface area (Å²) in [7, 11) is -4.07. The number of benzene rings is 1. The number of aromatic nitrogens is 1. The molecule has 1 amide bonds. The van der Waals surface area contributed by atoms with Crippen LogP contribution in [0.15, 0.2) is 45.9 Å². The molecule has 0 unspecified atom stereocenters. The number of rotatable bonds is 3. The van der Waals surface area contributed by atoms with Gasteiger partial charge in [0, 0.05) is 16.4 Å². The molecule has 110 valence electrons. The highest BCUT2D eigenvalue weighted by Crippen LogP contribution is 2.19. The van der Waals surface area contributed by atoms with Gasteiger partial charge in [0.2, 0.25) is 10.0 Å². The van der Waals surface area contributed by atoms with E-state index in [1.807, 2.05) is 0 Å². The summed E-state index contributed by atoms with van der Waals surface area (Å²) in [6, 6.07) is 6.05. The maximum Gasteiger partial charge on any atom is 0.275 e. The summed E-state index contributed by atoms with van der Waals surface area (Å²) in [5.74, 6) is -1.45. The van der Waals surface area contributed by atoms with Crippen molar-refractivity contribution in [1.82, 2.24) is 4.98 Å². The average Bonchev–Trinajstić information content (AvgIpc) is 2.37. The van der Waals surface area contributed by atoms with Gasteiger partial charge in [0.25, 0.3) is 5.91 Å². The summed E-state index contributed by atoms with van der Waals surface area (Å²) in [5.41, 5.74) is 0.0421. The number of pyridine rings is 1. The van der Waals surface area contributed by atoms with Crippen LogP contribution in [0, 0.1) is 5.82 Å². The van der Waals surface area contributed by atoms with Crippen LogP contribution in [0.1, 0.15) is 10.5 Å². The van der Waals surface area contributed by atoms with Crippen LogP contribution in [-0.4, -0.2) is 19.3 Å². The van der Waals surface area contributed by atoms with Crippen molar-refractivity contribution >= 4 is 37.5 Å². The quantitative estimate of drug-likeness (QED) is 0.857. The van der Waals surface area contributed by atoms with Crippen molar-refractivity contribution in [2.75, 3.05) is 5.32 Å². The van der Waals surface area contributed by atoms with Crippen molar-refractivity contribution in [3.8, 4) is 0 Å². The molecule has 0 saturated carbocycles. The van der Waals surface area contributed by atoms with Crippen LogP contribution in [0.2, 0.25) is 0 Å². The van der Waals surface area contributed by atoms with Crippen molar-refractivity contribution in [3.63, 3.8) is 0 Å². The van der Waals surface area contributed by atoms with Gasteiger partial charge in [-0.3, -0.25) is 4.79 Å². The van der Waals surface area contributed by atoms with E-state index >= 15 is 0 Å². The predicted octanol–water partition coefficient (Wildman–Crippen LogP) is 1.88. The number of hydrogen-bond donors (Lipinski definition) is 2. The average molecular weight is 374 g/mol. The Hall–Kier alpha value is -1.84. The SMILES string of the molecule is NS(=O)(=O)c1cc(F)cc(NC(=O)c2ncccc2Br)c1.